The maximum atomic E-state index is 12.6. The van der Waals surface area contributed by atoms with Gasteiger partial charge in [0.05, 0.1) is 12.0 Å². The van der Waals surface area contributed by atoms with Crippen LogP contribution in [-0.2, 0) is 4.79 Å². The lowest BCUT2D eigenvalue weighted by molar-refractivity contribution is -0.180. The SMILES string of the molecule is Cc1ccc(N(C)C(=O)C2CCC(C(F)(F)F)CN2)cc1. The number of rotatable bonds is 2. The third-order valence-corrected chi connectivity index (χ3v) is 3.93. The van der Waals surface area contributed by atoms with Crippen molar-refractivity contribution in [3.05, 3.63) is 29.8 Å². The maximum Gasteiger partial charge on any atom is 0.393 e. The molecule has 2 atom stereocenters. The zero-order valence-corrected chi connectivity index (χ0v) is 12.1. The van der Waals surface area contributed by atoms with Crippen LogP contribution >= 0.6 is 0 Å². The van der Waals surface area contributed by atoms with Crippen LogP contribution in [0, 0.1) is 12.8 Å². The lowest BCUT2D eigenvalue weighted by Gasteiger charge is -2.32. The Bertz CT molecular complexity index is 491. The molecule has 1 N–H and O–H groups in total. The van der Waals surface area contributed by atoms with Crippen LogP contribution in [0.1, 0.15) is 18.4 Å². The van der Waals surface area contributed by atoms with Crippen molar-refractivity contribution in [2.24, 2.45) is 5.92 Å². The van der Waals surface area contributed by atoms with Crippen molar-refractivity contribution in [2.75, 3.05) is 18.5 Å². The van der Waals surface area contributed by atoms with Crippen LogP contribution in [0.3, 0.4) is 0 Å². The number of hydrogen-bond donors (Lipinski definition) is 1. The number of nitrogens with one attached hydrogen (secondary N) is 1. The Hall–Kier alpha value is -1.56. The van der Waals surface area contributed by atoms with Crippen LogP contribution in [0.5, 0.6) is 0 Å². The first-order chi connectivity index (χ1) is 9.79. The molecular weight excluding hydrogens is 281 g/mol. The number of alkyl halides is 3. The number of aryl methyl sites for hydroxylation is 1. The fraction of sp³-hybridized carbons (Fsp3) is 0.533. The number of amides is 1. The molecule has 1 aromatic carbocycles. The molecule has 6 heteroatoms. The summed E-state index contributed by atoms with van der Waals surface area (Å²) in [6, 6.07) is 6.90. The molecule has 1 saturated heterocycles. The number of benzene rings is 1. The molecule has 1 fully saturated rings. The van der Waals surface area contributed by atoms with E-state index in [1.807, 2.05) is 31.2 Å². The van der Waals surface area contributed by atoms with Crippen LogP contribution in [0.4, 0.5) is 18.9 Å². The van der Waals surface area contributed by atoms with Gasteiger partial charge in [-0.2, -0.15) is 13.2 Å². The van der Waals surface area contributed by atoms with E-state index < -0.39 is 18.1 Å². The van der Waals surface area contributed by atoms with E-state index in [1.54, 1.807) is 7.05 Å². The predicted octanol–water partition coefficient (Wildman–Crippen LogP) is 2.89. The summed E-state index contributed by atoms with van der Waals surface area (Å²) in [6.45, 7) is 1.76. The number of halogens is 3. The Morgan fingerprint density at radius 3 is 2.33 bits per heavy atom. The van der Waals surface area contributed by atoms with Crippen LogP contribution in [0.2, 0.25) is 0 Å². The first kappa shape index (κ1) is 15.8. The Morgan fingerprint density at radius 2 is 1.86 bits per heavy atom. The third kappa shape index (κ3) is 3.75. The number of carbonyl (C=O) groups excluding carboxylic acids is 1. The minimum atomic E-state index is -4.19. The topological polar surface area (TPSA) is 32.3 Å². The summed E-state index contributed by atoms with van der Waals surface area (Å²) in [4.78, 5) is 13.8. The van der Waals surface area contributed by atoms with E-state index >= 15 is 0 Å². The van der Waals surface area contributed by atoms with Gasteiger partial charge < -0.3 is 10.2 Å². The molecule has 1 aliphatic heterocycles. The molecule has 0 bridgehead atoms. The molecule has 2 unspecified atom stereocenters. The van der Waals surface area contributed by atoms with E-state index in [1.165, 1.54) is 4.90 Å². The smallest absolute Gasteiger partial charge is 0.314 e. The molecule has 3 nitrogen and oxygen atoms in total. The summed E-state index contributed by atoms with van der Waals surface area (Å²) in [6.07, 6.45) is -3.99. The van der Waals surface area contributed by atoms with Gasteiger partial charge in [-0.25, -0.2) is 0 Å². The average Bonchev–Trinajstić information content (AvgIpc) is 2.46. The molecule has 21 heavy (non-hydrogen) atoms. The molecule has 116 valence electrons. The van der Waals surface area contributed by atoms with Gasteiger partial charge in [-0.15, -0.1) is 0 Å². The van der Waals surface area contributed by atoms with Gasteiger partial charge in [0.1, 0.15) is 0 Å². The fourth-order valence-electron chi connectivity index (χ4n) is 2.48. The lowest BCUT2D eigenvalue weighted by atomic mass is 9.93. The van der Waals surface area contributed by atoms with Gasteiger partial charge in [0.2, 0.25) is 5.91 Å². The van der Waals surface area contributed by atoms with Gasteiger partial charge in [0, 0.05) is 19.3 Å². The molecule has 0 aliphatic carbocycles. The van der Waals surface area contributed by atoms with Crippen LogP contribution in [0.25, 0.3) is 0 Å². The van der Waals surface area contributed by atoms with Crippen molar-refractivity contribution in [2.45, 2.75) is 32.0 Å². The van der Waals surface area contributed by atoms with E-state index in [0.717, 1.165) is 11.3 Å². The molecule has 0 spiro atoms. The molecular formula is C15H19F3N2O. The summed E-state index contributed by atoms with van der Waals surface area (Å²) in [5.41, 5.74) is 1.83. The van der Waals surface area contributed by atoms with Crippen LogP contribution in [0.15, 0.2) is 24.3 Å². The summed E-state index contributed by atoms with van der Waals surface area (Å²) in [7, 11) is 1.64. The zero-order chi connectivity index (χ0) is 15.6. The normalized spacial score (nSPS) is 22.9. The second-order valence-electron chi connectivity index (χ2n) is 5.51. The summed E-state index contributed by atoms with van der Waals surface area (Å²) in [5.74, 6) is -1.55. The number of anilines is 1. The second kappa shape index (κ2) is 6.05. The second-order valence-corrected chi connectivity index (χ2v) is 5.51. The first-order valence-corrected chi connectivity index (χ1v) is 6.93. The molecule has 0 radical (unpaired) electrons. The highest BCUT2D eigenvalue weighted by atomic mass is 19.4. The number of hydrogen-bond acceptors (Lipinski definition) is 2. The third-order valence-electron chi connectivity index (χ3n) is 3.93. The molecule has 1 heterocycles. The highest BCUT2D eigenvalue weighted by Crippen LogP contribution is 2.32. The van der Waals surface area contributed by atoms with Crippen molar-refractivity contribution < 1.29 is 18.0 Å². The average molecular weight is 300 g/mol. The molecule has 1 amide bonds. The Labute approximate surface area is 122 Å². The maximum absolute atomic E-state index is 12.6. The number of piperidine rings is 1. The zero-order valence-electron chi connectivity index (χ0n) is 12.1. The first-order valence-electron chi connectivity index (χ1n) is 6.93. The molecule has 2 rings (SSSR count). The molecule has 1 aromatic rings. The minimum absolute atomic E-state index is 0.00531. The Morgan fingerprint density at radius 1 is 1.24 bits per heavy atom. The van der Waals surface area contributed by atoms with Crippen molar-refractivity contribution >= 4 is 11.6 Å². The van der Waals surface area contributed by atoms with E-state index in [-0.39, 0.29) is 25.3 Å². The van der Waals surface area contributed by atoms with E-state index in [4.69, 9.17) is 0 Å². The van der Waals surface area contributed by atoms with Gasteiger partial charge in [0.15, 0.2) is 0 Å². The number of carbonyl (C=O) groups is 1. The Balaban J connectivity index is 1.97. The lowest BCUT2D eigenvalue weighted by Crippen LogP contribution is -2.51. The monoisotopic (exact) mass is 300 g/mol. The minimum Gasteiger partial charge on any atom is -0.314 e. The van der Waals surface area contributed by atoms with Gasteiger partial charge in [0.25, 0.3) is 0 Å². The van der Waals surface area contributed by atoms with Crippen molar-refractivity contribution in [1.82, 2.24) is 5.32 Å². The van der Waals surface area contributed by atoms with E-state index in [2.05, 4.69) is 5.32 Å². The van der Waals surface area contributed by atoms with Crippen LogP contribution < -0.4 is 10.2 Å². The largest absolute Gasteiger partial charge is 0.393 e. The fourth-order valence-corrected chi connectivity index (χ4v) is 2.48. The van der Waals surface area contributed by atoms with Crippen molar-refractivity contribution in [1.29, 1.82) is 0 Å². The number of likely N-dealkylation sites (N-methyl/N-ethyl adjacent to an activating group) is 1. The summed E-state index contributed by atoms with van der Waals surface area (Å²) in [5, 5.41) is 2.73. The standard InChI is InChI=1S/C15H19F3N2O/c1-10-3-6-12(7-4-10)20(2)14(21)13-8-5-11(9-19-13)15(16,17)18/h3-4,6-7,11,13,19H,5,8-9H2,1-2H3. The molecule has 1 aliphatic rings. The highest BCUT2D eigenvalue weighted by molar-refractivity contribution is 5.96. The van der Waals surface area contributed by atoms with Gasteiger partial charge in [-0.3, -0.25) is 4.79 Å². The van der Waals surface area contributed by atoms with Gasteiger partial charge in [-0.05, 0) is 31.9 Å². The predicted molar refractivity (Wildman–Crippen MR) is 75.2 cm³/mol. The highest BCUT2D eigenvalue weighted by Gasteiger charge is 2.42. The summed E-state index contributed by atoms with van der Waals surface area (Å²) >= 11 is 0. The number of nitrogens with zero attached hydrogens (tertiary/aromatic N) is 1. The van der Waals surface area contributed by atoms with Crippen molar-refractivity contribution in [3.63, 3.8) is 0 Å². The molecule has 0 saturated carbocycles. The van der Waals surface area contributed by atoms with Crippen LogP contribution in [-0.4, -0.2) is 31.7 Å². The Kier molecular flexibility index (Phi) is 4.56. The summed E-state index contributed by atoms with van der Waals surface area (Å²) < 4.78 is 37.8. The quantitative estimate of drug-likeness (QED) is 0.911. The van der Waals surface area contributed by atoms with Gasteiger partial charge >= 0.3 is 6.18 Å². The van der Waals surface area contributed by atoms with Crippen molar-refractivity contribution in [3.8, 4) is 0 Å². The van der Waals surface area contributed by atoms with E-state index in [9.17, 15) is 18.0 Å². The van der Waals surface area contributed by atoms with Gasteiger partial charge in [-0.1, -0.05) is 17.7 Å². The van der Waals surface area contributed by atoms with E-state index in [0.29, 0.717) is 0 Å². The molecule has 0 aromatic heterocycles.